The number of nitrogens with one attached hydrogen (secondary N) is 1. The predicted molar refractivity (Wildman–Crippen MR) is 93.7 cm³/mol. The van der Waals surface area contributed by atoms with Crippen LogP contribution in [0.25, 0.3) is 11.8 Å². The number of aliphatic hydroxyl groups excluding tert-OH is 1. The molecule has 0 bridgehead atoms. The van der Waals surface area contributed by atoms with Gasteiger partial charge in [0.2, 0.25) is 0 Å². The van der Waals surface area contributed by atoms with E-state index >= 15 is 0 Å². The van der Waals surface area contributed by atoms with Crippen LogP contribution in [0, 0.1) is 32.1 Å². The molecular formula is C19H21N3O2. The number of nitrogens with zero attached hydrogens (tertiary/aromatic N) is 2. The number of aryl methyl sites for hydroxylation is 2. The van der Waals surface area contributed by atoms with E-state index in [-0.39, 0.29) is 18.7 Å². The molecule has 0 saturated carbocycles. The van der Waals surface area contributed by atoms with Crippen LogP contribution in [-0.4, -0.2) is 28.7 Å². The number of nitriles is 1. The molecule has 0 aliphatic heterocycles. The van der Waals surface area contributed by atoms with E-state index in [2.05, 4.69) is 16.0 Å². The molecule has 5 heteroatoms. The van der Waals surface area contributed by atoms with Crippen LogP contribution >= 0.6 is 0 Å². The van der Waals surface area contributed by atoms with Crippen LogP contribution in [0.3, 0.4) is 0 Å². The van der Waals surface area contributed by atoms with Crippen molar-refractivity contribution in [2.45, 2.75) is 20.8 Å². The number of hydrogen-bond acceptors (Lipinski definition) is 3. The van der Waals surface area contributed by atoms with Crippen molar-refractivity contribution in [2.24, 2.45) is 0 Å². The first kappa shape index (κ1) is 17.5. The lowest BCUT2D eigenvalue weighted by Gasteiger charge is -2.10. The van der Waals surface area contributed by atoms with Gasteiger partial charge in [0.05, 0.1) is 6.61 Å². The lowest BCUT2D eigenvalue weighted by molar-refractivity contribution is -0.117. The summed E-state index contributed by atoms with van der Waals surface area (Å²) in [6, 6.07) is 12.0. The van der Waals surface area contributed by atoms with E-state index in [0.29, 0.717) is 0 Å². The molecule has 0 aliphatic rings. The number of amides is 1. The third-order valence-corrected chi connectivity index (χ3v) is 3.79. The minimum atomic E-state index is -0.480. The number of aliphatic hydroxyl groups is 1. The highest BCUT2D eigenvalue weighted by Gasteiger charge is 2.13. The average Bonchev–Trinajstić information content (AvgIpc) is 2.84. The molecule has 2 N–H and O–H groups in total. The minimum absolute atomic E-state index is 0.0212. The second-order valence-electron chi connectivity index (χ2n) is 5.65. The van der Waals surface area contributed by atoms with E-state index in [0.717, 1.165) is 28.2 Å². The summed E-state index contributed by atoms with van der Waals surface area (Å²) in [4.78, 5) is 11.9. The molecule has 0 aliphatic carbocycles. The van der Waals surface area contributed by atoms with Crippen molar-refractivity contribution in [3.05, 3.63) is 58.4 Å². The molecule has 2 rings (SSSR count). The van der Waals surface area contributed by atoms with E-state index in [1.807, 2.05) is 51.1 Å². The Labute approximate surface area is 141 Å². The fourth-order valence-electron chi connectivity index (χ4n) is 2.67. The summed E-state index contributed by atoms with van der Waals surface area (Å²) in [6.07, 6.45) is 1.58. The van der Waals surface area contributed by atoms with E-state index in [9.17, 15) is 10.1 Å². The van der Waals surface area contributed by atoms with Crippen LogP contribution in [0.1, 0.15) is 22.5 Å². The SMILES string of the molecule is Cc1cccc(-n2c(C)cc(/C=C(/C#N)C(=O)NCCO)c2C)c1. The van der Waals surface area contributed by atoms with E-state index in [4.69, 9.17) is 5.11 Å². The standard InChI is InChI=1S/C19H21N3O2/c1-13-5-4-6-18(9-13)22-14(2)10-16(15(22)3)11-17(12-20)19(24)21-7-8-23/h4-6,9-11,23H,7-8H2,1-3H3,(H,21,24)/b17-11-. The van der Waals surface area contributed by atoms with Gasteiger partial charge in [-0.05, 0) is 56.2 Å². The van der Waals surface area contributed by atoms with Crippen molar-refractivity contribution >= 4 is 12.0 Å². The Balaban J connectivity index is 2.43. The average molecular weight is 323 g/mol. The fraction of sp³-hybridized carbons (Fsp3) is 0.263. The van der Waals surface area contributed by atoms with Crippen molar-refractivity contribution in [3.8, 4) is 11.8 Å². The van der Waals surface area contributed by atoms with Gasteiger partial charge >= 0.3 is 0 Å². The normalized spacial score (nSPS) is 11.2. The zero-order chi connectivity index (χ0) is 17.7. The minimum Gasteiger partial charge on any atom is -0.395 e. The third-order valence-electron chi connectivity index (χ3n) is 3.79. The molecule has 5 nitrogen and oxygen atoms in total. The number of benzene rings is 1. The summed E-state index contributed by atoms with van der Waals surface area (Å²) in [5, 5.41) is 20.5. The summed E-state index contributed by atoms with van der Waals surface area (Å²) in [6.45, 7) is 5.95. The molecule has 0 fully saturated rings. The van der Waals surface area contributed by atoms with Crippen LogP contribution in [0.4, 0.5) is 0 Å². The van der Waals surface area contributed by atoms with Gasteiger partial charge in [-0.1, -0.05) is 12.1 Å². The van der Waals surface area contributed by atoms with Gasteiger partial charge in [0.25, 0.3) is 5.91 Å². The second-order valence-corrected chi connectivity index (χ2v) is 5.65. The lowest BCUT2D eigenvalue weighted by atomic mass is 10.1. The second kappa shape index (κ2) is 7.62. The zero-order valence-corrected chi connectivity index (χ0v) is 14.1. The van der Waals surface area contributed by atoms with E-state index < -0.39 is 5.91 Å². The fourth-order valence-corrected chi connectivity index (χ4v) is 2.67. The molecule has 1 heterocycles. The van der Waals surface area contributed by atoms with Gasteiger partial charge in [0, 0.05) is 23.6 Å². The molecular weight excluding hydrogens is 302 g/mol. The molecule has 0 atom stereocenters. The monoisotopic (exact) mass is 323 g/mol. The molecule has 1 aromatic heterocycles. The van der Waals surface area contributed by atoms with Crippen molar-refractivity contribution < 1.29 is 9.90 Å². The van der Waals surface area contributed by atoms with Crippen LogP contribution in [0.2, 0.25) is 0 Å². The Morgan fingerprint density at radius 2 is 2.08 bits per heavy atom. The van der Waals surface area contributed by atoms with Gasteiger partial charge in [0.15, 0.2) is 0 Å². The van der Waals surface area contributed by atoms with Gasteiger partial charge in [-0.2, -0.15) is 5.26 Å². The zero-order valence-electron chi connectivity index (χ0n) is 14.1. The summed E-state index contributed by atoms with van der Waals surface area (Å²) in [7, 11) is 0. The maximum Gasteiger partial charge on any atom is 0.262 e. The van der Waals surface area contributed by atoms with Gasteiger partial charge < -0.3 is 15.0 Å². The number of aromatic nitrogens is 1. The molecule has 1 amide bonds. The first-order chi connectivity index (χ1) is 11.5. The summed E-state index contributed by atoms with van der Waals surface area (Å²) in [5.74, 6) is -0.480. The molecule has 124 valence electrons. The smallest absolute Gasteiger partial charge is 0.262 e. The van der Waals surface area contributed by atoms with Crippen LogP contribution < -0.4 is 5.32 Å². The van der Waals surface area contributed by atoms with Gasteiger partial charge in [-0.25, -0.2) is 0 Å². The molecule has 2 aromatic rings. The van der Waals surface area contributed by atoms with Crippen LogP contribution in [0.15, 0.2) is 35.9 Å². The van der Waals surface area contributed by atoms with E-state index in [1.165, 1.54) is 0 Å². The number of rotatable bonds is 5. The van der Waals surface area contributed by atoms with Gasteiger partial charge in [-0.3, -0.25) is 4.79 Å². The Hall–Kier alpha value is -2.84. The van der Waals surface area contributed by atoms with Crippen LogP contribution in [0.5, 0.6) is 0 Å². The Morgan fingerprint density at radius 3 is 2.71 bits per heavy atom. The van der Waals surface area contributed by atoms with Crippen molar-refractivity contribution in [3.63, 3.8) is 0 Å². The van der Waals surface area contributed by atoms with Gasteiger partial charge in [0.1, 0.15) is 11.6 Å². The Kier molecular flexibility index (Phi) is 5.56. The van der Waals surface area contributed by atoms with Crippen molar-refractivity contribution in [2.75, 3.05) is 13.2 Å². The highest BCUT2D eigenvalue weighted by atomic mass is 16.3. The molecule has 0 saturated heterocycles. The number of carbonyl (C=O) groups is 1. The Bertz CT molecular complexity index is 826. The van der Waals surface area contributed by atoms with Crippen molar-refractivity contribution in [1.82, 2.24) is 9.88 Å². The quantitative estimate of drug-likeness (QED) is 0.655. The molecule has 1 aromatic carbocycles. The number of hydrogen-bond donors (Lipinski definition) is 2. The lowest BCUT2D eigenvalue weighted by Crippen LogP contribution is -2.27. The molecule has 0 radical (unpaired) electrons. The van der Waals surface area contributed by atoms with Crippen LogP contribution in [-0.2, 0) is 4.79 Å². The van der Waals surface area contributed by atoms with Crippen molar-refractivity contribution in [1.29, 1.82) is 5.26 Å². The van der Waals surface area contributed by atoms with Gasteiger partial charge in [-0.15, -0.1) is 0 Å². The summed E-state index contributed by atoms with van der Waals surface area (Å²) in [5.41, 5.74) is 5.04. The summed E-state index contributed by atoms with van der Waals surface area (Å²) >= 11 is 0. The number of carbonyl (C=O) groups excluding carboxylic acids is 1. The Morgan fingerprint density at radius 1 is 1.33 bits per heavy atom. The topological polar surface area (TPSA) is 78.0 Å². The van der Waals surface area contributed by atoms with E-state index in [1.54, 1.807) is 6.08 Å². The third kappa shape index (κ3) is 3.73. The highest BCUT2D eigenvalue weighted by Crippen LogP contribution is 2.23. The molecule has 0 unspecified atom stereocenters. The highest BCUT2D eigenvalue weighted by molar-refractivity contribution is 6.01. The maximum absolute atomic E-state index is 11.9. The molecule has 24 heavy (non-hydrogen) atoms. The largest absolute Gasteiger partial charge is 0.395 e. The summed E-state index contributed by atoms with van der Waals surface area (Å²) < 4.78 is 2.10. The first-order valence-electron chi connectivity index (χ1n) is 7.74. The molecule has 0 spiro atoms. The first-order valence-corrected chi connectivity index (χ1v) is 7.74. The maximum atomic E-state index is 11.9. The predicted octanol–water partition coefficient (Wildman–Crippen LogP) is 2.42.